The number of carboxylic acids is 1. The van der Waals surface area contributed by atoms with Gasteiger partial charge in [-0.25, -0.2) is 9.59 Å². The Morgan fingerprint density at radius 3 is 2.80 bits per heavy atom. The maximum Gasteiger partial charge on any atom is 0.335 e. The Labute approximate surface area is 117 Å². The molecule has 2 amide bonds. The van der Waals surface area contributed by atoms with Gasteiger partial charge in [-0.2, -0.15) is 0 Å². The number of nitrogens with zero attached hydrogens (tertiary/aromatic N) is 1. The summed E-state index contributed by atoms with van der Waals surface area (Å²) in [7, 11) is 0. The lowest BCUT2D eigenvalue weighted by Crippen LogP contribution is -2.44. The second-order valence-electron chi connectivity index (χ2n) is 5.69. The van der Waals surface area contributed by atoms with Gasteiger partial charge in [0.05, 0.1) is 5.56 Å². The molecule has 5 nitrogen and oxygen atoms in total. The van der Waals surface area contributed by atoms with Crippen molar-refractivity contribution >= 4 is 12.0 Å². The van der Waals surface area contributed by atoms with E-state index in [1.807, 2.05) is 6.07 Å². The van der Waals surface area contributed by atoms with E-state index in [-0.39, 0.29) is 6.03 Å². The largest absolute Gasteiger partial charge is 0.478 e. The number of hydrogen-bond acceptors (Lipinski definition) is 2. The molecule has 1 aliphatic carbocycles. The minimum absolute atomic E-state index is 0.0364. The van der Waals surface area contributed by atoms with Crippen LogP contribution >= 0.6 is 0 Å². The molecule has 2 atom stereocenters. The molecule has 0 saturated heterocycles. The third-order valence-corrected chi connectivity index (χ3v) is 4.20. The van der Waals surface area contributed by atoms with Gasteiger partial charge in [-0.05, 0) is 36.0 Å². The van der Waals surface area contributed by atoms with Gasteiger partial charge in [-0.1, -0.05) is 19.1 Å². The molecular weight excluding hydrogens is 256 g/mol. The van der Waals surface area contributed by atoms with Crippen LogP contribution in [-0.2, 0) is 13.0 Å². The van der Waals surface area contributed by atoms with Gasteiger partial charge < -0.3 is 15.3 Å². The van der Waals surface area contributed by atoms with Gasteiger partial charge in [-0.15, -0.1) is 0 Å². The molecule has 0 aromatic heterocycles. The zero-order chi connectivity index (χ0) is 14.3. The highest BCUT2D eigenvalue weighted by Crippen LogP contribution is 2.29. The zero-order valence-corrected chi connectivity index (χ0v) is 11.4. The summed E-state index contributed by atoms with van der Waals surface area (Å²) in [5.74, 6) is -0.318. The van der Waals surface area contributed by atoms with Crippen LogP contribution in [0.25, 0.3) is 0 Å². The van der Waals surface area contributed by atoms with Gasteiger partial charge in [0.2, 0.25) is 0 Å². The Morgan fingerprint density at radius 1 is 1.40 bits per heavy atom. The minimum Gasteiger partial charge on any atom is -0.478 e. The van der Waals surface area contributed by atoms with Crippen molar-refractivity contribution in [1.29, 1.82) is 0 Å². The zero-order valence-electron chi connectivity index (χ0n) is 11.4. The van der Waals surface area contributed by atoms with Crippen molar-refractivity contribution in [2.75, 3.05) is 6.54 Å². The highest BCUT2D eigenvalue weighted by atomic mass is 16.4. The van der Waals surface area contributed by atoms with Crippen molar-refractivity contribution < 1.29 is 14.7 Å². The fourth-order valence-corrected chi connectivity index (χ4v) is 2.76. The average Bonchev–Trinajstić information content (AvgIpc) is 3.12. The van der Waals surface area contributed by atoms with E-state index in [0.29, 0.717) is 37.0 Å². The fourth-order valence-electron chi connectivity index (χ4n) is 2.76. The van der Waals surface area contributed by atoms with Crippen molar-refractivity contribution in [2.24, 2.45) is 5.92 Å². The van der Waals surface area contributed by atoms with Crippen LogP contribution in [0.4, 0.5) is 4.79 Å². The molecule has 1 fully saturated rings. The van der Waals surface area contributed by atoms with Gasteiger partial charge in [0.25, 0.3) is 0 Å². The van der Waals surface area contributed by atoms with Crippen LogP contribution in [0.2, 0.25) is 0 Å². The maximum absolute atomic E-state index is 12.1. The summed E-state index contributed by atoms with van der Waals surface area (Å²) in [6, 6.07) is 5.55. The van der Waals surface area contributed by atoms with Crippen LogP contribution in [-0.4, -0.2) is 34.6 Å². The van der Waals surface area contributed by atoms with Crippen molar-refractivity contribution in [3.8, 4) is 0 Å². The highest BCUT2D eigenvalue weighted by molar-refractivity contribution is 5.90. The average molecular weight is 274 g/mol. The predicted molar refractivity (Wildman–Crippen MR) is 73.6 cm³/mol. The number of hydrogen-bond donors (Lipinski definition) is 2. The van der Waals surface area contributed by atoms with Gasteiger partial charge in [0.15, 0.2) is 0 Å². The van der Waals surface area contributed by atoms with E-state index in [0.717, 1.165) is 17.5 Å². The lowest BCUT2D eigenvalue weighted by molar-refractivity contribution is 0.0695. The van der Waals surface area contributed by atoms with Crippen molar-refractivity contribution in [3.05, 3.63) is 34.9 Å². The van der Waals surface area contributed by atoms with Crippen LogP contribution < -0.4 is 5.32 Å². The number of carbonyl (C=O) groups is 2. The SMILES string of the molecule is CC1CC1NC(=O)N1CCc2c(cccc2C(=O)O)C1. The Morgan fingerprint density at radius 2 is 2.15 bits per heavy atom. The maximum atomic E-state index is 12.1. The molecule has 0 spiro atoms. The number of nitrogens with one attached hydrogen (secondary N) is 1. The van der Waals surface area contributed by atoms with Crippen LogP contribution in [0.3, 0.4) is 0 Å². The third-order valence-electron chi connectivity index (χ3n) is 4.20. The molecule has 2 aliphatic rings. The molecule has 1 aliphatic heterocycles. The molecule has 2 unspecified atom stereocenters. The first kappa shape index (κ1) is 13.0. The molecule has 1 saturated carbocycles. The normalized spacial score (nSPS) is 23.9. The first-order chi connectivity index (χ1) is 9.56. The molecule has 5 heteroatoms. The van der Waals surface area contributed by atoms with E-state index in [4.69, 9.17) is 0 Å². The lowest BCUT2D eigenvalue weighted by atomic mass is 9.95. The summed E-state index contributed by atoms with van der Waals surface area (Å²) >= 11 is 0. The molecule has 2 N–H and O–H groups in total. The second kappa shape index (κ2) is 4.81. The van der Waals surface area contributed by atoms with E-state index >= 15 is 0 Å². The Hall–Kier alpha value is -2.04. The Bertz CT molecular complexity index is 570. The summed E-state index contributed by atoms with van der Waals surface area (Å²) in [6.45, 7) is 3.18. The summed E-state index contributed by atoms with van der Waals surface area (Å²) < 4.78 is 0. The Kier molecular flexibility index (Phi) is 3.12. The summed E-state index contributed by atoms with van der Waals surface area (Å²) in [5, 5.41) is 12.2. The van der Waals surface area contributed by atoms with E-state index in [1.165, 1.54) is 0 Å². The molecule has 1 heterocycles. The third kappa shape index (κ3) is 2.35. The molecule has 3 rings (SSSR count). The van der Waals surface area contributed by atoms with E-state index in [1.54, 1.807) is 17.0 Å². The number of aromatic carboxylic acids is 1. The van der Waals surface area contributed by atoms with Crippen molar-refractivity contribution in [1.82, 2.24) is 10.2 Å². The molecule has 106 valence electrons. The number of urea groups is 1. The number of fused-ring (bicyclic) bond motifs is 1. The van der Waals surface area contributed by atoms with Crippen LogP contribution in [0.5, 0.6) is 0 Å². The lowest BCUT2D eigenvalue weighted by Gasteiger charge is -2.29. The number of carbonyl (C=O) groups excluding carboxylic acids is 1. The monoisotopic (exact) mass is 274 g/mol. The quantitative estimate of drug-likeness (QED) is 0.865. The fraction of sp³-hybridized carbons (Fsp3) is 0.467. The molecule has 1 aromatic carbocycles. The molecule has 20 heavy (non-hydrogen) atoms. The van der Waals surface area contributed by atoms with Crippen LogP contribution in [0, 0.1) is 5.92 Å². The first-order valence-corrected chi connectivity index (χ1v) is 6.95. The van der Waals surface area contributed by atoms with Crippen molar-refractivity contribution in [2.45, 2.75) is 32.4 Å². The number of benzene rings is 1. The van der Waals surface area contributed by atoms with Gasteiger partial charge in [-0.3, -0.25) is 0 Å². The molecule has 1 aromatic rings. The number of amides is 2. The van der Waals surface area contributed by atoms with E-state index < -0.39 is 5.97 Å². The summed E-state index contributed by atoms with van der Waals surface area (Å²) in [5.41, 5.74) is 2.16. The first-order valence-electron chi connectivity index (χ1n) is 6.95. The van der Waals surface area contributed by atoms with Gasteiger partial charge in [0.1, 0.15) is 0 Å². The summed E-state index contributed by atoms with van der Waals surface area (Å²) in [4.78, 5) is 25.1. The van der Waals surface area contributed by atoms with Crippen LogP contribution in [0.15, 0.2) is 18.2 Å². The number of carboxylic acid groups (broad SMARTS) is 1. The van der Waals surface area contributed by atoms with Crippen molar-refractivity contribution in [3.63, 3.8) is 0 Å². The predicted octanol–water partition coefficient (Wildman–Crippen LogP) is 1.86. The topological polar surface area (TPSA) is 69.6 Å². The highest BCUT2D eigenvalue weighted by Gasteiger charge is 2.35. The number of rotatable bonds is 2. The molecule has 0 bridgehead atoms. The molecule has 0 radical (unpaired) electrons. The van der Waals surface area contributed by atoms with E-state index in [9.17, 15) is 14.7 Å². The summed E-state index contributed by atoms with van der Waals surface area (Å²) in [6.07, 6.45) is 1.66. The Balaban J connectivity index is 1.73. The standard InChI is InChI=1S/C15H18N2O3/c1-9-7-13(9)16-15(20)17-6-5-11-10(8-17)3-2-4-12(11)14(18)19/h2-4,9,13H,5-8H2,1H3,(H,16,20)(H,18,19). The van der Waals surface area contributed by atoms with Gasteiger partial charge >= 0.3 is 12.0 Å². The van der Waals surface area contributed by atoms with E-state index in [2.05, 4.69) is 12.2 Å². The van der Waals surface area contributed by atoms with Gasteiger partial charge in [0, 0.05) is 19.1 Å². The second-order valence-corrected chi connectivity index (χ2v) is 5.69. The molecular formula is C15H18N2O3. The minimum atomic E-state index is -0.897. The smallest absolute Gasteiger partial charge is 0.335 e. The van der Waals surface area contributed by atoms with Crippen LogP contribution in [0.1, 0.15) is 34.8 Å².